The Morgan fingerprint density at radius 2 is 1.52 bits per heavy atom. The third kappa shape index (κ3) is 4.95. The standard InChI is InChI=1S/C11H16O.C7H6O2/c1-8-6-5-7-9(12)10(8)11(2,3)4;8-7(9)6-4-2-1-3-5-6/h5-7,12H,1-4H3;1-5H,(H,8,9). The van der Waals surface area contributed by atoms with Crippen molar-refractivity contribution in [2.45, 2.75) is 33.1 Å². The smallest absolute Gasteiger partial charge is 0.335 e. The molecule has 3 heteroatoms. The van der Waals surface area contributed by atoms with Crippen molar-refractivity contribution in [3.8, 4) is 5.75 Å². The summed E-state index contributed by atoms with van der Waals surface area (Å²) in [7, 11) is 0. The van der Waals surface area contributed by atoms with Crippen molar-refractivity contribution < 1.29 is 15.0 Å². The number of hydrogen-bond donors (Lipinski definition) is 2. The molecule has 0 saturated carbocycles. The zero-order valence-electron chi connectivity index (χ0n) is 12.9. The maximum absolute atomic E-state index is 10.2. The van der Waals surface area contributed by atoms with Crippen LogP contribution in [0.1, 0.15) is 42.3 Å². The Hall–Kier alpha value is -2.29. The van der Waals surface area contributed by atoms with E-state index in [-0.39, 0.29) is 5.41 Å². The summed E-state index contributed by atoms with van der Waals surface area (Å²) in [5.74, 6) is -0.474. The van der Waals surface area contributed by atoms with Gasteiger partial charge in [-0.15, -0.1) is 0 Å². The molecule has 0 atom stereocenters. The quantitative estimate of drug-likeness (QED) is 0.817. The summed E-state index contributed by atoms with van der Waals surface area (Å²) >= 11 is 0. The minimum absolute atomic E-state index is 0.0232. The molecule has 0 spiro atoms. The predicted molar refractivity (Wildman–Crippen MR) is 84.9 cm³/mol. The molecule has 112 valence electrons. The van der Waals surface area contributed by atoms with Gasteiger partial charge in [-0.3, -0.25) is 0 Å². The van der Waals surface area contributed by atoms with Crippen molar-refractivity contribution in [3.05, 3.63) is 65.2 Å². The second-order valence-corrected chi connectivity index (χ2v) is 5.89. The molecule has 0 radical (unpaired) electrons. The molecule has 2 N–H and O–H groups in total. The Morgan fingerprint density at radius 3 is 1.86 bits per heavy atom. The van der Waals surface area contributed by atoms with Crippen molar-refractivity contribution in [1.29, 1.82) is 0 Å². The normalized spacial score (nSPS) is 10.5. The third-order valence-corrected chi connectivity index (χ3v) is 3.02. The molecule has 0 aliphatic rings. The van der Waals surface area contributed by atoms with Crippen LogP contribution in [0.2, 0.25) is 0 Å². The Balaban J connectivity index is 0.000000219. The zero-order chi connectivity index (χ0) is 16.0. The summed E-state index contributed by atoms with van der Waals surface area (Å²) in [6, 6.07) is 13.9. The van der Waals surface area contributed by atoms with Gasteiger partial charge >= 0.3 is 5.97 Å². The van der Waals surface area contributed by atoms with Crippen LogP contribution in [0.25, 0.3) is 0 Å². The molecular weight excluding hydrogens is 264 g/mol. The monoisotopic (exact) mass is 286 g/mol. The molecule has 0 bridgehead atoms. The van der Waals surface area contributed by atoms with Gasteiger partial charge in [-0.25, -0.2) is 4.79 Å². The number of aromatic hydroxyl groups is 1. The predicted octanol–water partition coefficient (Wildman–Crippen LogP) is 4.38. The first-order valence-electron chi connectivity index (χ1n) is 6.81. The first kappa shape index (κ1) is 16.8. The number of aromatic carboxylic acids is 1. The average molecular weight is 286 g/mol. The molecular formula is C18H22O3. The number of carboxylic acids is 1. The van der Waals surface area contributed by atoms with Crippen molar-refractivity contribution in [1.82, 2.24) is 0 Å². The second kappa shape index (κ2) is 6.93. The Labute approximate surface area is 125 Å². The van der Waals surface area contributed by atoms with Crippen molar-refractivity contribution in [3.63, 3.8) is 0 Å². The fourth-order valence-corrected chi connectivity index (χ4v) is 2.21. The summed E-state index contributed by atoms with van der Waals surface area (Å²) in [4.78, 5) is 10.2. The lowest BCUT2D eigenvalue weighted by Gasteiger charge is -2.22. The molecule has 0 aliphatic carbocycles. The van der Waals surface area contributed by atoms with E-state index in [1.165, 1.54) is 0 Å². The SMILES string of the molecule is Cc1cccc(O)c1C(C)(C)C.O=C(O)c1ccccc1. The third-order valence-electron chi connectivity index (χ3n) is 3.02. The number of carboxylic acid groups (broad SMARTS) is 1. The second-order valence-electron chi connectivity index (χ2n) is 5.89. The molecule has 0 unspecified atom stereocenters. The highest BCUT2D eigenvalue weighted by molar-refractivity contribution is 5.87. The van der Waals surface area contributed by atoms with Gasteiger partial charge in [0.2, 0.25) is 0 Å². The molecule has 0 aromatic heterocycles. The van der Waals surface area contributed by atoms with Crippen LogP contribution >= 0.6 is 0 Å². The summed E-state index contributed by atoms with van der Waals surface area (Å²) in [5.41, 5.74) is 2.56. The van der Waals surface area contributed by atoms with Crippen LogP contribution in [0.15, 0.2) is 48.5 Å². The fourth-order valence-electron chi connectivity index (χ4n) is 2.21. The Morgan fingerprint density at radius 1 is 0.952 bits per heavy atom. The van der Waals surface area contributed by atoms with Gasteiger partial charge in [0.15, 0.2) is 0 Å². The topological polar surface area (TPSA) is 57.5 Å². The van der Waals surface area contributed by atoms with Gasteiger partial charge in [0.05, 0.1) is 5.56 Å². The number of carbonyl (C=O) groups is 1. The molecule has 0 heterocycles. The van der Waals surface area contributed by atoms with Gasteiger partial charge in [0, 0.05) is 5.56 Å². The minimum Gasteiger partial charge on any atom is -0.508 e. The lowest BCUT2D eigenvalue weighted by Crippen LogP contribution is -2.13. The van der Waals surface area contributed by atoms with Crippen LogP contribution < -0.4 is 0 Å². The molecule has 0 saturated heterocycles. The number of rotatable bonds is 1. The molecule has 2 aromatic carbocycles. The van der Waals surface area contributed by atoms with E-state index in [1.54, 1.807) is 36.4 Å². The Kier molecular flexibility index (Phi) is 5.53. The van der Waals surface area contributed by atoms with Gasteiger partial charge in [0.1, 0.15) is 5.75 Å². The van der Waals surface area contributed by atoms with Crippen LogP contribution in [-0.4, -0.2) is 16.2 Å². The lowest BCUT2D eigenvalue weighted by molar-refractivity contribution is 0.0697. The molecule has 2 aromatic rings. The minimum atomic E-state index is -0.879. The highest BCUT2D eigenvalue weighted by Gasteiger charge is 2.19. The number of aryl methyl sites for hydroxylation is 1. The molecule has 0 aliphatic heterocycles. The first-order chi connectivity index (χ1) is 9.73. The Bertz CT molecular complexity index is 575. The van der Waals surface area contributed by atoms with Crippen molar-refractivity contribution in [2.75, 3.05) is 0 Å². The van der Waals surface area contributed by atoms with Crippen LogP contribution in [-0.2, 0) is 5.41 Å². The number of benzene rings is 2. The van der Waals surface area contributed by atoms with Crippen molar-refractivity contribution in [2.24, 2.45) is 0 Å². The van der Waals surface area contributed by atoms with E-state index in [9.17, 15) is 9.90 Å². The maximum atomic E-state index is 10.2. The van der Waals surface area contributed by atoms with E-state index < -0.39 is 5.97 Å². The van der Waals surface area contributed by atoms with Crippen LogP contribution in [0.5, 0.6) is 5.75 Å². The highest BCUT2D eigenvalue weighted by Crippen LogP contribution is 2.32. The number of hydrogen-bond acceptors (Lipinski definition) is 2. The van der Waals surface area contributed by atoms with Crippen molar-refractivity contribution >= 4 is 5.97 Å². The van der Waals surface area contributed by atoms with Crippen LogP contribution in [0.3, 0.4) is 0 Å². The molecule has 2 rings (SSSR count). The number of phenols is 1. The van der Waals surface area contributed by atoms with Gasteiger partial charge < -0.3 is 10.2 Å². The average Bonchev–Trinajstić information content (AvgIpc) is 2.38. The van der Waals surface area contributed by atoms with Crippen LogP contribution in [0, 0.1) is 6.92 Å². The summed E-state index contributed by atoms with van der Waals surface area (Å²) in [6.45, 7) is 8.35. The highest BCUT2D eigenvalue weighted by atomic mass is 16.4. The maximum Gasteiger partial charge on any atom is 0.335 e. The van der Waals surface area contributed by atoms with E-state index in [1.807, 2.05) is 19.1 Å². The fraction of sp³-hybridized carbons (Fsp3) is 0.278. The molecule has 21 heavy (non-hydrogen) atoms. The van der Waals surface area contributed by atoms with E-state index in [0.29, 0.717) is 11.3 Å². The first-order valence-corrected chi connectivity index (χ1v) is 6.81. The van der Waals surface area contributed by atoms with E-state index in [0.717, 1.165) is 11.1 Å². The molecule has 0 fully saturated rings. The molecule has 0 amide bonds. The zero-order valence-corrected chi connectivity index (χ0v) is 12.9. The van der Waals surface area contributed by atoms with Gasteiger partial charge in [-0.1, -0.05) is 51.1 Å². The largest absolute Gasteiger partial charge is 0.508 e. The van der Waals surface area contributed by atoms with Crippen LogP contribution in [0.4, 0.5) is 0 Å². The summed E-state index contributed by atoms with van der Waals surface area (Å²) in [6.07, 6.45) is 0. The lowest BCUT2D eigenvalue weighted by atomic mass is 9.83. The molecule has 3 nitrogen and oxygen atoms in total. The van der Waals surface area contributed by atoms with E-state index >= 15 is 0 Å². The van der Waals surface area contributed by atoms with Gasteiger partial charge in [-0.05, 0) is 36.1 Å². The van der Waals surface area contributed by atoms with E-state index in [4.69, 9.17) is 5.11 Å². The van der Waals surface area contributed by atoms with Gasteiger partial charge in [0.25, 0.3) is 0 Å². The van der Waals surface area contributed by atoms with Gasteiger partial charge in [-0.2, -0.15) is 0 Å². The summed E-state index contributed by atoms with van der Waals surface area (Å²) < 4.78 is 0. The van der Waals surface area contributed by atoms with E-state index in [2.05, 4.69) is 20.8 Å². The summed E-state index contributed by atoms with van der Waals surface area (Å²) in [5, 5.41) is 18.0. The number of phenolic OH excluding ortho intramolecular Hbond substituents is 1.